The Hall–Kier alpha value is -2.70. The smallest absolute Gasteiger partial charge is 0.252 e. The van der Waals surface area contributed by atoms with Crippen molar-refractivity contribution in [1.82, 2.24) is 10.6 Å². The van der Waals surface area contributed by atoms with Gasteiger partial charge in [-0.25, -0.2) is 0 Å². The minimum absolute atomic E-state index is 0.172. The molecule has 0 aliphatic carbocycles. The number of ether oxygens (including phenoxy) is 2. The van der Waals surface area contributed by atoms with Gasteiger partial charge in [-0.1, -0.05) is 48.5 Å². The van der Waals surface area contributed by atoms with Gasteiger partial charge in [-0.3, -0.25) is 9.59 Å². The molecule has 0 radical (unpaired) electrons. The average molecular weight is 354 g/mol. The van der Waals surface area contributed by atoms with Crippen LogP contribution in [0.1, 0.15) is 22.0 Å². The fraction of sp³-hybridized carbons (Fsp3) is 0.300. The third kappa shape index (κ3) is 4.91. The Morgan fingerprint density at radius 3 is 2.35 bits per heavy atom. The molecule has 1 fully saturated rings. The average Bonchev–Trinajstić information content (AvgIpc) is 2.72. The fourth-order valence-corrected chi connectivity index (χ4v) is 2.72. The number of hydrogen-bond acceptors (Lipinski definition) is 4. The van der Waals surface area contributed by atoms with Crippen LogP contribution in [-0.2, 0) is 14.3 Å². The molecule has 2 unspecified atom stereocenters. The second-order valence-corrected chi connectivity index (χ2v) is 6.00. The molecule has 136 valence electrons. The molecule has 2 aromatic carbocycles. The van der Waals surface area contributed by atoms with E-state index in [-0.39, 0.29) is 17.9 Å². The first-order valence-electron chi connectivity index (χ1n) is 8.62. The van der Waals surface area contributed by atoms with Gasteiger partial charge in [-0.2, -0.15) is 0 Å². The number of nitrogens with one attached hydrogen (secondary N) is 2. The van der Waals surface area contributed by atoms with Crippen molar-refractivity contribution >= 4 is 11.8 Å². The van der Waals surface area contributed by atoms with E-state index in [4.69, 9.17) is 9.47 Å². The minimum atomic E-state index is -0.784. The topological polar surface area (TPSA) is 76.7 Å². The van der Waals surface area contributed by atoms with Crippen molar-refractivity contribution in [1.29, 1.82) is 0 Å². The molecule has 6 nitrogen and oxygen atoms in total. The Balaban J connectivity index is 1.68. The quantitative estimate of drug-likeness (QED) is 0.828. The van der Waals surface area contributed by atoms with Crippen LogP contribution in [0.25, 0.3) is 0 Å². The Morgan fingerprint density at radius 2 is 1.69 bits per heavy atom. The summed E-state index contributed by atoms with van der Waals surface area (Å²) >= 11 is 0. The highest BCUT2D eigenvalue weighted by Crippen LogP contribution is 2.14. The molecule has 2 N–H and O–H groups in total. The maximum atomic E-state index is 12.7. The third-order valence-corrected chi connectivity index (χ3v) is 4.10. The lowest BCUT2D eigenvalue weighted by Crippen LogP contribution is -2.45. The summed E-state index contributed by atoms with van der Waals surface area (Å²) in [7, 11) is 0. The maximum absolute atomic E-state index is 12.7. The lowest BCUT2D eigenvalue weighted by molar-refractivity contribution is -0.125. The highest BCUT2D eigenvalue weighted by atomic mass is 16.6. The standard InChI is InChI=1S/C20H22N2O4/c23-19(16-9-5-2-6-10-16)22-18(15-7-3-1-4-8-15)20(24)21-13-17-14-25-11-12-26-17/h1-10,17-18H,11-14H2,(H,21,24)(H,22,23). The summed E-state index contributed by atoms with van der Waals surface area (Å²) in [5.74, 6) is -0.582. The third-order valence-electron chi connectivity index (χ3n) is 4.10. The number of carbonyl (C=O) groups excluding carboxylic acids is 2. The predicted octanol–water partition coefficient (Wildman–Crippen LogP) is 1.69. The van der Waals surface area contributed by atoms with Crippen LogP contribution in [0, 0.1) is 0 Å². The molecule has 2 atom stereocenters. The van der Waals surface area contributed by atoms with Gasteiger partial charge in [-0.15, -0.1) is 0 Å². The first-order chi connectivity index (χ1) is 12.7. The number of amides is 2. The van der Waals surface area contributed by atoms with Gasteiger partial charge in [0.15, 0.2) is 0 Å². The fourth-order valence-electron chi connectivity index (χ4n) is 2.72. The van der Waals surface area contributed by atoms with Crippen LogP contribution < -0.4 is 10.6 Å². The van der Waals surface area contributed by atoms with Crippen molar-refractivity contribution in [3.63, 3.8) is 0 Å². The molecular weight excluding hydrogens is 332 g/mol. The van der Waals surface area contributed by atoms with E-state index in [2.05, 4.69) is 10.6 Å². The molecule has 0 aromatic heterocycles. The van der Waals surface area contributed by atoms with Crippen molar-refractivity contribution in [2.75, 3.05) is 26.4 Å². The summed E-state index contributed by atoms with van der Waals surface area (Å²) in [5, 5.41) is 5.66. The maximum Gasteiger partial charge on any atom is 0.252 e. The molecule has 0 spiro atoms. The van der Waals surface area contributed by atoms with E-state index in [1.54, 1.807) is 24.3 Å². The van der Waals surface area contributed by atoms with Gasteiger partial charge in [0.25, 0.3) is 5.91 Å². The number of carbonyl (C=O) groups is 2. The monoisotopic (exact) mass is 354 g/mol. The van der Waals surface area contributed by atoms with Crippen LogP contribution in [0.3, 0.4) is 0 Å². The minimum Gasteiger partial charge on any atom is -0.376 e. The van der Waals surface area contributed by atoms with E-state index in [0.717, 1.165) is 5.56 Å². The molecule has 26 heavy (non-hydrogen) atoms. The molecule has 1 aliphatic heterocycles. The Labute approximate surface area is 152 Å². The lowest BCUT2D eigenvalue weighted by atomic mass is 10.1. The molecule has 1 saturated heterocycles. The highest BCUT2D eigenvalue weighted by molar-refractivity contribution is 5.97. The number of hydrogen-bond donors (Lipinski definition) is 2. The van der Waals surface area contributed by atoms with E-state index in [1.807, 2.05) is 36.4 Å². The van der Waals surface area contributed by atoms with Gasteiger partial charge in [0.2, 0.25) is 5.91 Å². The van der Waals surface area contributed by atoms with Crippen molar-refractivity contribution in [3.05, 3.63) is 71.8 Å². The summed E-state index contributed by atoms with van der Waals surface area (Å²) in [4.78, 5) is 25.2. The van der Waals surface area contributed by atoms with Crippen LogP contribution >= 0.6 is 0 Å². The van der Waals surface area contributed by atoms with Crippen LogP contribution in [0.4, 0.5) is 0 Å². The summed E-state index contributed by atoms with van der Waals surface area (Å²) in [6.45, 7) is 1.88. The van der Waals surface area contributed by atoms with Gasteiger partial charge in [-0.05, 0) is 17.7 Å². The van der Waals surface area contributed by atoms with E-state index >= 15 is 0 Å². The van der Waals surface area contributed by atoms with Gasteiger partial charge in [0.1, 0.15) is 6.04 Å². The van der Waals surface area contributed by atoms with E-state index < -0.39 is 6.04 Å². The largest absolute Gasteiger partial charge is 0.376 e. The van der Waals surface area contributed by atoms with Gasteiger partial charge < -0.3 is 20.1 Å². The zero-order valence-electron chi connectivity index (χ0n) is 14.4. The highest BCUT2D eigenvalue weighted by Gasteiger charge is 2.24. The first-order valence-corrected chi connectivity index (χ1v) is 8.62. The molecule has 0 bridgehead atoms. The molecule has 1 aliphatic rings. The van der Waals surface area contributed by atoms with Crippen molar-refractivity contribution in [3.8, 4) is 0 Å². The number of benzene rings is 2. The SMILES string of the molecule is O=C(NC(C(=O)NCC1COCCO1)c1ccccc1)c1ccccc1. The van der Waals surface area contributed by atoms with E-state index in [0.29, 0.717) is 31.9 Å². The van der Waals surface area contributed by atoms with E-state index in [1.165, 1.54) is 0 Å². The van der Waals surface area contributed by atoms with E-state index in [9.17, 15) is 9.59 Å². The van der Waals surface area contributed by atoms with Crippen LogP contribution in [0.5, 0.6) is 0 Å². The van der Waals surface area contributed by atoms with Crippen molar-refractivity contribution in [2.45, 2.75) is 12.1 Å². The Kier molecular flexibility index (Phi) is 6.35. The predicted molar refractivity (Wildman–Crippen MR) is 96.7 cm³/mol. The second kappa shape index (κ2) is 9.12. The Morgan fingerprint density at radius 1 is 1.00 bits per heavy atom. The normalized spacial score (nSPS) is 17.9. The zero-order chi connectivity index (χ0) is 18.2. The molecule has 2 amide bonds. The summed E-state index contributed by atoms with van der Waals surface area (Å²) < 4.78 is 10.9. The van der Waals surface area contributed by atoms with Crippen LogP contribution in [0.2, 0.25) is 0 Å². The molecule has 3 rings (SSSR count). The zero-order valence-corrected chi connectivity index (χ0v) is 14.4. The summed E-state index contributed by atoms with van der Waals surface area (Å²) in [5.41, 5.74) is 1.22. The first kappa shape index (κ1) is 18.1. The second-order valence-electron chi connectivity index (χ2n) is 6.00. The summed E-state index contributed by atoms with van der Waals surface area (Å²) in [6.07, 6.45) is -0.172. The van der Waals surface area contributed by atoms with Crippen LogP contribution in [-0.4, -0.2) is 44.3 Å². The van der Waals surface area contributed by atoms with Gasteiger partial charge in [0.05, 0.1) is 25.9 Å². The van der Waals surface area contributed by atoms with Gasteiger partial charge in [0, 0.05) is 12.1 Å². The molecule has 0 saturated carbocycles. The molecule has 2 aromatic rings. The molecule has 1 heterocycles. The Bertz CT molecular complexity index is 715. The number of rotatable bonds is 6. The lowest BCUT2D eigenvalue weighted by Gasteiger charge is -2.25. The van der Waals surface area contributed by atoms with Crippen LogP contribution in [0.15, 0.2) is 60.7 Å². The van der Waals surface area contributed by atoms with Gasteiger partial charge >= 0.3 is 0 Å². The molecule has 6 heteroatoms. The van der Waals surface area contributed by atoms with Crippen molar-refractivity contribution < 1.29 is 19.1 Å². The summed E-state index contributed by atoms with van der Waals surface area (Å²) in [6, 6.07) is 17.2. The van der Waals surface area contributed by atoms with Crippen molar-refractivity contribution in [2.24, 2.45) is 0 Å². The molecular formula is C20H22N2O4.